The standard InChI is InChI=1S/C33H38N4O2/c34-24-28-11-13-29(14-12-28)26-39-32(30-9-6-10-31(23-30)36-17-4-5-18-36)25-35-19-21-37(22-20-35)33(38)16-15-27-7-2-1-3-8-27/h1-3,6-14,23,32H,4-5,15-22,25-26H2/t32-/m1/s1. The number of hydrogen-bond donors (Lipinski definition) is 0. The molecule has 6 nitrogen and oxygen atoms in total. The second-order valence-electron chi connectivity index (χ2n) is 10.6. The van der Waals surface area contributed by atoms with Crippen molar-refractivity contribution in [2.45, 2.75) is 38.4 Å². The molecule has 0 aromatic heterocycles. The molecule has 1 atom stereocenters. The molecule has 0 radical (unpaired) electrons. The molecule has 2 aliphatic heterocycles. The van der Waals surface area contributed by atoms with E-state index in [1.54, 1.807) is 0 Å². The monoisotopic (exact) mass is 522 g/mol. The van der Waals surface area contributed by atoms with E-state index >= 15 is 0 Å². The largest absolute Gasteiger partial charge is 0.372 e. The van der Waals surface area contributed by atoms with Crippen LogP contribution >= 0.6 is 0 Å². The van der Waals surface area contributed by atoms with Crippen molar-refractivity contribution < 1.29 is 9.53 Å². The molecule has 0 N–H and O–H groups in total. The summed E-state index contributed by atoms with van der Waals surface area (Å²) in [5.41, 5.74) is 5.39. The zero-order valence-electron chi connectivity index (χ0n) is 22.7. The van der Waals surface area contributed by atoms with E-state index < -0.39 is 0 Å². The van der Waals surface area contributed by atoms with Crippen LogP contribution in [0.5, 0.6) is 0 Å². The highest BCUT2D eigenvalue weighted by atomic mass is 16.5. The number of benzene rings is 3. The summed E-state index contributed by atoms with van der Waals surface area (Å²) >= 11 is 0. The molecule has 3 aromatic rings. The van der Waals surface area contributed by atoms with Crippen LogP contribution in [0.2, 0.25) is 0 Å². The number of nitriles is 1. The van der Waals surface area contributed by atoms with Gasteiger partial charge in [0.15, 0.2) is 0 Å². The van der Waals surface area contributed by atoms with Gasteiger partial charge in [-0.25, -0.2) is 0 Å². The van der Waals surface area contributed by atoms with E-state index in [1.165, 1.54) is 29.7 Å². The summed E-state index contributed by atoms with van der Waals surface area (Å²) in [4.78, 5) is 19.7. The number of carbonyl (C=O) groups is 1. The molecule has 39 heavy (non-hydrogen) atoms. The second kappa shape index (κ2) is 13.4. The summed E-state index contributed by atoms with van der Waals surface area (Å²) in [6.07, 6.45) is 3.76. The van der Waals surface area contributed by atoms with E-state index in [2.05, 4.69) is 52.3 Å². The molecule has 0 aliphatic carbocycles. The van der Waals surface area contributed by atoms with Gasteiger partial charge >= 0.3 is 0 Å². The maximum absolute atomic E-state index is 12.8. The number of aryl methyl sites for hydroxylation is 1. The van der Waals surface area contributed by atoms with Crippen LogP contribution in [0.25, 0.3) is 0 Å². The Balaban J connectivity index is 1.21. The Morgan fingerprint density at radius 3 is 2.31 bits per heavy atom. The third kappa shape index (κ3) is 7.47. The maximum atomic E-state index is 12.8. The third-order valence-electron chi connectivity index (χ3n) is 7.87. The van der Waals surface area contributed by atoms with Crippen molar-refractivity contribution in [2.75, 3.05) is 50.7 Å². The Labute approximate surface area is 232 Å². The van der Waals surface area contributed by atoms with Gasteiger partial charge in [-0.15, -0.1) is 0 Å². The highest BCUT2D eigenvalue weighted by Crippen LogP contribution is 2.27. The van der Waals surface area contributed by atoms with Gasteiger partial charge in [0.05, 0.1) is 24.3 Å². The number of ether oxygens (including phenoxy) is 1. The average Bonchev–Trinajstić information content (AvgIpc) is 3.55. The van der Waals surface area contributed by atoms with Gasteiger partial charge in [0, 0.05) is 57.9 Å². The minimum Gasteiger partial charge on any atom is -0.372 e. The number of hydrogen-bond acceptors (Lipinski definition) is 5. The first kappa shape index (κ1) is 26.9. The number of carbonyl (C=O) groups excluding carboxylic acids is 1. The minimum absolute atomic E-state index is 0.0801. The lowest BCUT2D eigenvalue weighted by Gasteiger charge is -2.36. The number of rotatable bonds is 10. The van der Waals surface area contributed by atoms with Gasteiger partial charge in [-0.1, -0.05) is 54.6 Å². The Hall–Kier alpha value is -3.66. The van der Waals surface area contributed by atoms with Gasteiger partial charge < -0.3 is 14.5 Å². The fourth-order valence-corrected chi connectivity index (χ4v) is 5.49. The van der Waals surface area contributed by atoms with Gasteiger partial charge in [-0.05, 0) is 60.2 Å². The smallest absolute Gasteiger partial charge is 0.222 e. The first-order chi connectivity index (χ1) is 19.2. The third-order valence-corrected chi connectivity index (χ3v) is 7.87. The van der Waals surface area contributed by atoms with Crippen molar-refractivity contribution in [1.82, 2.24) is 9.80 Å². The molecule has 3 aromatic carbocycles. The Kier molecular flexibility index (Phi) is 9.26. The van der Waals surface area contributed by atoms with Crippen LogP contribution in [0.3, 0.4) is 0 Å². The van der Waals surface area contributed by atoms with E-state index in [9.17, 15) is 4.79 Å². The molecular weight excluding hydrogens is 484 g/mol. The lowest BCUT2D eigenvalue weighted by Crippen LogP contribution is -2.49. The van der Waals surface area contributed by atoms with Crippen LogP contribution in [0.15, 0.2) is 78.9 Å². The molecule has 6 heteroatoms. The molecule has 2 saturated heterocycles. The minimum atomic E-state index is -0.0801. The lowest BCUT2D eigenvalue weighted by atomic mass is 10.1. The fraction of sp³-hybridized carbons (Fsp3) is 0.394. The molecule has 202 valence electrons. The van der Waals surface area contributed by atoms with E-state index in [-0.39, 0.29) is 12.0 Å². The molecule has 2 heterocycles. The molecule has 0 bridgehead atoms. The summed E-state index contributed by atoms with van der Waals surface area (Å²) in [7, 11) is 0. The molecule has 2 aliphatic rings. The van der Waals surface area contributed by atoms with Crippen molar-refractivity contribution in [3.8, 4) is 6.07 Å². The van der Waals surface area contributed by atoms with Crippen LogP contribution in [0, 0.1) is 11.3 Å². The summed E-state index contributed by atoms with van der Waals surface area (Å²) in [6.45, 7) is 6.70. The van der Waals surface area contributed by atoms with Gasteiger partial charge in [0.1, 0.15) is 0 Å². The molecule has 1 amide bonds. The van der Waals surface area contributed by atoms with Crippen molar-refractivity contribution in [3.63, 3.8) is 0 Å². The van der Waals surface area contributed by atoms with Gasteiger partial charge in [-0.3, -0.25) is 9.69 Å². The van der Waals surface area contributed by atoms with Crippen LogP contribution in [-0.4, -0.2) is 61.5 Å². The Morgan fingerprint density at radius 2 is 1.59 bits per heavy atom. The van der Waals surface area contributed by atoms with Gasteiger partial charge in [0.2, 0.25) is 5.91 Å². The van der Waals surface area contributed by atoms with Crippen molar-refractivity contribution in [2.24, 2.45) is 0 Å². The second-order valence-corrected chi connectivity index (χ2v) is 10.6. The predicted molar refractivity (Wildman–Crippen MR) is 154 cm³/mol. The summed E-state index contributed by atoms with van der Waals surface area (Å²) in [5, 5.41) is 9.11. The normalized spacial score (nSPS) is 16.7. The predicted octanol–water partition coefficient (Wildman–Crippen LogP) is 5.19. The van der Waals surface area contributed by atoms with Gasteiger partial charge in [0.25, 0.3) is 0 Å². The quantitative estimate of drug-likeness (QED) is 0.367. The molecule has 0 saturated carbocycles. The number of amides is 1. The molecule has 2 fully saturated rings. The van der Waals surface area contributed by atoms with Crippen molar-refractivity contribution in [3.05, 3.63) is 101 Å². The van der Waals surface area contributed by atoms with Crippen LogP contribution in [0.4, 0.5) is 5.69 Å². The van der Waals surface area contributed by atoms with Crippen LogP contribution < -0.4 is 4.90 Å². The summed E-state index contributed by atoms with van der Waals surface area (Å²) in [6, 6.07) is 28.8. The zero-order valence-corrected chi connectivity index (χ0v) is 22.7. The molecule has 0 unspecified atom stereocenters. The molecule has 0 spiro atoms. The van der Waals surface area contributed by atoms with Crippen LogP contribution in [-0.2, 0) is 22.6 Å². The highest BCUT2D eigenvalue weighted by Gasteiger charge is 2.25. The number of anilines is 1. The van der Waals surface area contributed by atoms with E-state index in [0.717, 1.165) is 57.8 Å². The Morgan fingerprint density at radius 1 is 0.846 bits per heavy atom. The first-order valence-electron chi connectivity index (χ1n) is 14.2. The SMILES string of the molecule is N#Cc1ccc(CO[C@H](CN2CCN(C(=O)CCc3ccccc3)CC2)c2cccc(N3CCCC3)c2)cc1. The summed E-state index contributed by atoms with van der Waals surface area (Å²) < 4.78 is 6.55. The van der Waals surface area contributed by atoms with E-state index in [0.29, 0.717) is 18.6 Å². The molecule has 5 rings (SSSR count). The Bertz CT molecular complexity index is 1240. The molecular formula is C33H38N4O2. The van der Waals surface area contributed by atoms with Crippen LogP contribution in [0.1, 0.15) is 47.6 Å². The first-order valence-corrected chi connectivity index (χ1v) is 14.2. The maximum Gasteiger partial charge on any atom is 0.222 e. The lowest BCUT2D eigenvalue weighted by molar-refractivity contribution is -0.133. The highest BCUT2D eigenvalue weighted by molar-refractivity contribution is 5.76. The number of piperazine rings is 1. The van der Waals surface area contributed by atoms with E-state index in [4.69, 9.17) is 10.00 Å². The topological polar surface area (TPSA) is 59.8 Å². The van der Waals surface area contributed by atoms with E-state index in [1.807, 2.05) is 47.4 Å². The zero-order chi connectivity index (χ0) is 26.9. The fourth-order valence-electron chi connectivity index (χ4n) is 5.49. The summed E-state index contributed by atoms with van der Waals surface area (Å²) in [5.74, 6) is 0.241. The van der Waals surface area contributed by atoms with Crippen molar-refractivity contribution >= 4 is 11.6 Å². The van der Waals surface area contributed by atoms with Gasteiger partial charge in [-0.2, -0.15) is 5.26 Å². The number of nitrogens with zero attached hydrogens (tertiary/aromatic N) is 4. The average molecular weight is 523 g/mol. The van der Waals surface area contributed by atoms with Crippen molar-refractivity contribution in [1.29, 1.82) is 5.26 Å².